The van der Waals surface area contributed by atoms with Crippen LogP contribution in [0, 0.1) is 0 Å². The molecule has 43 heavy (non-hydrogen) atoms. The van der Waals surface area contributed by atoms with Crippen LogP contribution in [0.4, 0.5) is 10.5 Å². The Hall–Kier alpha value is -3.35. The lowest BCUT2D eigenvalue weighted by Gasteiger charge is -2.47. The van der Waals surface area contributed by atoms with E-state index in [0.717, 1.165) is 38.9 Å². The predicted octanol–water partition coefficient (Wildman–Crippen LogP) is 7.46. The van der Waals surface area contributed by atoms with Crippen molar-refractivity contribution in [3.8, 4) is 5.75 Å². The van der Waals surface area contributed by atoms with Gasteiger partial charge in [-0.15, -0.1) is 0 Å². The largest absolute Gasteiger partial charge is 0.412 e. The van der Waals surface area contributed by atoms with E-state index >= 15 is 0 Å². The van der Waals surface area contributed by atoms with Crippen LogP contribution in [0.15, 0.2) is 66.7 Å². The first-order valence-electron chi connectivity index (χ1n) is 16.6. The summed E-state index contributed by atoms with van der Waals surface area (Å²) in [6, 6.07) is 23.7. The molecule has 228 valence electrons. The number of hydrogen-bond acceptors (Lipinski definition) is 5. The first-order chi connectivity index (χ1) is 21.2. The SMILES string of the molecule is CN1c2ccc(OC(=O)NCCCCCCCCCCN3CCc4ccccc4C3)cc2CN2CCc3ccccc3C21. The molecule has 0 saturated heterocycles. The topological polar surface area (TPSA) is 48.1 Å². The Morgan fingerprint density at radius 2 is 1.47 bits per heavy atom. The molecule has 6 rings (SSSR count). The Balaban J connectivity index is 0.825. The van der Waals surface area contributed by atoms with Crippen molar-refractivity contribution < 1.29 is 9.53 Å². The highest BCUT2D eigenvalue weighted by atomic mass is 16.6. The molecule has 3 aromatic carbocycles. The van der Waals surface area contributed by atoms with Gasteiger partial charge in [0.2, 0.25) is 0 Å². The Bertz CT molecular complexity index is 1370. The second-order valence-corrected chi connectivity index (χ2v) is 12.6. The van der Waals surface area contributed by atoms with Gasteiger partial charge in [0.1, 0.15) is 11.9 Å². The Morgan fingerprint density at radius 3 is 2.30 bits per heavy atom. The lowest BCUT2D eigenvalue weighted by atomic mass is 9.93. The second-order valence-electron chi connectivity index (χ2n) is 12.6. The van der Waals surface area contributed by atoms with Crippen LogP contribution in [0.2, 0.25) is 0 Å². The number of amides is 1. The maximum absolute atomic E-state index is 12.5. The third-order valence-electron chi connectivity index (χ3n) is 9.61. The fraction of sp³-hybridized carbons (Fsp3) is 0.486. The quantitative estimate of drug-likeness (QED) is 0.225. The number of rotatable bonds is 12. The number of fused-ring (bicyclic) bond motifs is 5. The number of carbonyl (C=O) groups excluding carboxylic acids is 1. The lowest BCUT2D eigenvalue weighted by Crippen LogP contribution is -2.47. The molecule has 6 nitrogen and oxygen atoms in total. The number of nitrogens with zero attached hydrogens (tertiary/aromatic N) is 3. The van der Waals surface area contributed by atoms with Crippen molar-refractivity contribution in [3.63, 3.8) is 0 Å². The van der Waals surface area contributed by atoms with Crippen molar-refractivity contribution in [1.82, 2.24) is 15.1 Å². The number of ether oxygens (including phenoxy) is 1. The van der Waals surface area contributed by atoms with Crippen LogP contribution in [0.1, 0.15) is 85.3 Å². The number of benzene rings is 3. The zero-order valence-electron chi connectivity index (χ0n) is 25.9. The van der Waals surface area contributed by atoms with Gasteiger partial charge in [0, 0.05) is 45.5 Å². The van der Waals surface area contributed by atoms with Gasteiger partial charge >= 0.3 is 6.09 Å². The zero-order valence-corrected chi connectivity index (χ0v) is 25.9. The summed E-state index contributed by atoms with van der Waals surface area (Å²) in [5.41, 5.74) is 8.32. The standard InChI is InChI=1S/C37H48N4O2/c1-39-35-19-18-33(26-32(35)28-41-25-21-30-15-10-11-17-34(30)36(39)41)43-37(42)38-22-12-6-4-2-3-5-7-13-23-40-24-20-29-14-8-9-16-31(29)27-40/h8-11,14-19,26,36H,2-7,12-13,20-25,27-28H2,1H3,(H,38,42). The highest BCUT2D eigenvalue weighted by Crippen LogP contribution is 2.42. The molecule has 1 atom stereocenters. The van der Waals surface area contributed by atoms with Crippen LogP contribution in [-0.4, -0.2) is 49.1 Å². The monoisotopic (exact) mass is 580 g/mol. The summed E-state index contributed by atoms with van der Waals surface area (Å²) in [4.78, 5) is 20.0. The fourth-order valence-corrected chi connectivity index (χ4v) is 7.26. The molecule has 0 aromatic heterocycles. The summed E-state index contributed by atoms with van der Waals surface area (Å²) in [7, 11) is 2.17. The van der Waals surface area contributed by atoms with Gasteiger partial charge < -0.3 is 15.0 Å². The zero-order chi connectivity index (χ0) is 29.4. The average Bonchev–Trinajstić information content (AvgIpc) is 3.03. The maximum atomic E-state index is 12.5. The minimum absolute atomic E-state index is 0.260. The van der Waals surface area contributed by atoms with E-state index in [2.05, 4.69) is 81.7 Å². The number of carbonyl (C=O) groups is 1. The van der Waals surface area contributed by atoms with Gasteiger partial charge in [-0.05, 0) is 78.2 Å². The number of nitrogens with one attached hydrogen (secondary N) is 1. The molecule has 1 amide bonds. The molecular formula is C37H48N4O2. The van der Waals surface area contributed by atoms with Crippen molar-refractivity contribution in [2.75, 3.05) is 38.1 Å². The number of anilines is 1. The molecule has 3 aromatic rings. The van der Waals surface area contributed by atoms with Gasteiger partial charge in [-0.25, -0.2) is 4.79 Å². The molecule has 0 aliphatic carbocycles. The van der Waals surface area contributed by atoms with Crippen LogP contribution < -0.4 is 15.0 Å². The first kappa shape index (κ1) is 29.7. The van der Waals surface area contributed by atoms with Gasteiger partial charge in [-0.2, -0.15) is 0 Å². The molecule has 0 saturated carbocycles. The van der Waals surface area contributed by atoms with E-state index < -0.39 is 0 Å². The third kappa shape index (κ3) is 7.42. The highest BCUT2D eigenvalue weighted by Gasteiger charge is 2.35. The summed E-state index contributed by atoms with van der Waals surface area (Å²) in [6.45, 7) is 6.12. The molecule has 0 fully saturated rings. The normalized spacial score (nSPS) is 17.9. The summed E-state index contributed by atoms with van der Waals surface area (Å²) >= 11 is 0. The second kappa shape index (κ2) is 14.4. The number of hydrogen-bond donors (Lipinski definition) is 1. The minimum Gasteiger partial charge on any atom is -0.410 e. The summed E-state index contributed by atoms with van der Waals surface area (Å²) < 4.78 is 5.66. The molecule has 0 bridgehead atoms. The molecule has 3 aliphatic rings. The lowest BCUT2D eigenvalue weighted by molar-refractivity contribution is 0.163. The van der Waals surface area contributed by atoms with E-state index in [1.165, 1.54) is 91.5 Å². The maximum Gasteiger partial charge on any atom is 0.412 e. The van der Waals surface area contributed by atoms with Crippen LogP contribution >= 0.6 is 0 Å². The minimum atomic E-state index is -0.355. The van der Waals surface area contributed by atoms with Gasteiger partial charge in [0.15, 0.2) is 0 Å². The summed E-state index contributed by atoms with van der Waals surface area (Å²) in [5.74, 6) is 0.616. The summed E-state index contributed by atoms with van der Waals surface area (Å²) in [5, 5.41) is 2.95. The van der Waals surface area contributed by atoms with E-state index in [0.29, 0.717) is 12.3 Å². The van der Waals surface area contributed by atoms with Gasteiger partial charge in [-0.3, -0.25) is 9.80 Å². The van der Waals surface area contributed by atoms with E-state index in [1.54, 1.807) is 0 Å². The van der Waals surface area contributed by atoms with Gasteiger partial charge in [0.25, 0.3) is 0 Å². The van der Waals surface area contributed by atoms with Crippen molar-refractivity contribution in [2.24, 2.45) is 0 Å². The molecule has 3 aliphatic heterocycles. The van der Waals surface area contributed by atoms with Crippen molar-refractivity contribution in [2.45, 2.75) is 83.5 Å². The summed E-state index contributed by atoms with van der Waals surface area (Å²) in [6.07, 6.45) is 12.1. The molecule has 1 N–H and O–H groups in total. The first-order valence-corrected chi connectivity index (χ1v) is 16.6. The van der Waals surface area contributed by atoms with Crippen LogP contribution in [0.3, 0.4) is 0 Å². The van der Waals surface area contributed by atoms with E-state index in [4.69, 9.17) is 4.74 Å². The average molecular weight is 581 g/mol. The van der Waals surface area contributed by atoms with E-state index in [9.17, 15) is 4.79 Å². The fourth-order valence-electron chi connectivity index (χ4n) is 7.26. The van der Waals surface area contributed by atoms with Crippen LogP contribution in [0.25, 0.3) is 0 Å². The number of unbranched alkanes of at least 4 members (excludes halogenated alkanes) is 7. The molecule has 3 heterocycles. The van der Waals surface area contributed by atoms with E-state index in [1.807, 2.05) is 12.1 Å². The third-order valence-corrected chi connectivity index (χ3v) is 9.61. The van der Waals surface area contributed by atoms with Crippen LogP contribution in [-0.2, 0) is 25.9 Å². The van der Waals surface area contributed by atoms with Gasteiger partial charge in [0.05, 0.1) is 0 Å². The van der Waals surface area contributed by atoms with Crippen molar-refractivity contribution >= 4 is 11.8 Å². The molecule has 6 heteroatoms. The Morgan fingerprint density at radius 1 is 0.767 bits per heavy atom. The van der Waals surface area contributed by atoms with Gasteiger partial charge in [-0.1, -0.05) is 87.1 Å². The van der Waals surface area contributed by atoms with E-state index in [-0.39, 0.29) is 12.3 Å². The van der Waals surface area contributed by atoms with Crippen molar-refractivity contribution in [3.05, 3.63) is 94.5 Å². The molecular weight excluding hydrogens is 532 g/mol. The van der Waals surface area contributed by atoms with Crippen LogP contribution in [0.5, 0.6) is 5.75 Å². The Labute approximate surface area is 258 Å². The molecule has 0 spiro atoms. The highest BCUT2D eigenvalue weighted by molar-refractivity contribution is 5.71. The Kier molecular flexibility index (Phi) is 9.96. The smallest absolute Gasteiger partial charge is 0.410 e. The van der Waals surface area contributed by atoms with Crippen molar-refractivity contribution in [1.29, 1.82) is 0 Å². The predicted molar refractivity (Wildman–Crippen MR) is 175 cm³/mol. The molecule has 0 radical (unpaired) electrons. The molecule has 1 unspecified atom stereocenters.